The van der Waals surface area contributed by atoms with Gasteiger partial charge in [0.05, 0.1) is 17.9 Å². The van der Waals surface area contributed by atoms with Crippen LogP contribution in [0.4, 0.5) is 19.0 Å². The standard InChI is InChI=1S/C20H22F3N3O/c1-27-12-17-19(24)26-16(11-13-3-2-9-20(22,23)10-8-13)18(25-17)14-4-6-15(21)7-5-14/h4,6,13H,2-3,8-12H2,1H3,(H2,24,26). The summed E-state index contributed by atoms with van der Waals surface area (Å²) in [6, 6.07) is 0. The first-order valence-corrected chi connectivity index (χ1v) is 9.00. The predicted molar refractivity (Wildman–Crippen MR) is 96.6 cm³/mol. The lowest BCUT2D eigenvalue weighted by Gasteiger charge is -2.18. The molecule has 0 aromatic carbocycles. The van der Waals surface area contributed by atoms with Gasteiger partial charge in [-0.25, -0.2) is 18.7 Å². The zero-order chi connectivity index (χ0) is 19.4. The Morgan fingerprint density at radius 3 is 2.70 bits per heavy atom. The molecule has 1 atom stereocenters. The average Bonchev–Trinajstić information content (AvgIpc) is 2.79. The number of allylic oxidation sites excluding steroid dienone is 4. The van der Waals surface area contributed by atoms with Crippen LogP contribution in [0.2, 0.25) is 0 Å². The monoisotopic (exact) mass is 377 g/mol. The number of nitrogen functional groups attached to an aromatic ring is 1. The van der Waals surface area contributed by atoms with Crippen LogP contribution in [0.25, 0.3) is 5.57 Å². The minimum Gasteiger partial charge on any atom is -0.382 e. The first-order valence-electron chi connectivity index (χ1n) is 9.00. The molecule has 0 bridgehead atoms. The molecular formula is C20H22F3N3O. The van der Waals surface area contributed by atoms with Crippen molar-refractivity contribution in [2.24, 2.45) is 5.92 Å². The topological polar surface area (TPSA) is 61.0 Å². The van der Waals surface area contributed by atoms with Gasteiger partial charge in [-0.3, -0.25) is 0 Å². The van der Waals surface area contributed by atoms with E-state index in [1.54, 1.807) is 6.08 Å². The molecule has 1 aromatic heterocycles. The lowest BCUT2D eigenvalue weighted by Crippen LogP contribution is -2.15. The van der Waals surface area contributed by atoms with Gasteiger partial charge < -0.3 is 10.5 Å². The lowest BCUT2D eigenvalue weighted by atomic mass is 9.92. The zero-order valence-corrected chi connectivity index (χ0v) is 15.2. The van der Waals surface area contributed by atoms with Crippen molar-refractivity contribution in [1.29, 1.82) is 0 Å². The number of alkyl halides is 2. The molecule has 1 fully saturated rings. The number of hydrogen-bond donors (Lipinski definition) is 1. The molecule has 0 saturated heterocycles. The zero-order valence-electron chi connectivity index (χ0n) is 15.2. The summed E-state index contributed by atoms with van der Waals surface area (Å²) in [5.41, 5.74) is 13.3. The van der Waals surface area contributed by atoms with Gasteiger partial charge in [0.15, 0.2) is 5.83 Å². The van der Waals surface area contributed by atoms with E-state index in [9.17, 15) is 13.2 Å². The van der Waals surface area contributed by atoms with Crippen molar-refractivity contribution in [3.63, 3.8) is 0 Å². The van der Waals surface area contributed by atoms with Crippen molar-refractivity contribution < 1.29 is 17.9 Å². The molecule has 1 unspecified atom stereocenters. The molecule has 27 heavy (non-hydrogen) atoms. The van der Waals surface area contributed by atoms with E-state index in [2.05, 4.69) is 21.4 Å². The van der Waals surface area contributed by atoms with Crippen LogP contribution in [0.3, 0.4) is 0 Å². The fourth-order valence-electron chi connectivity index (χ4n) is 3.44. The maximum atomic E-state index is 13.7. The second-order valence-corrected chi connectivity index (χ2v) is 6.99. The summed E-state index contributed by atoms with van der Waals surface area (Å²) < 4.78 is 45.6. The Balaban J connectivity index is 1.95. The van der Waals surface area contributed by atoms with E-state index in [4.69, 9.17) is 10.5 Å². The average molecular weight is 377 g/mol. The molecule has 1 aromatic rings. The summed E-state index contributed by atoms with van der Waals surface area (Å²) in [4.78, 5) is 9.02. The Kier molecular flexibility index (Phi) is 5.85. The van der Waals surface area contributed by atoms with Crippen LogP contribution in [-0.2, 0) is 17.8 Å². The Bertz CT molecular complexity index is 850. The number of hydrogen-bond acceptors (Lipinski definition) is 4. The molecule has 0 spiro atoms. The summed E-state index contributed by atoms with van der Waals surface area (Å²) in [5, 5.41) is 0. The van der Waals surface area contributed by atoms with Crippen LogP contribution in [0.1, 0.15) is 49.2 Å². The van der Waals surface area contributed by atoms with Gasteiger partial charge in [0.25, 0.3) is 0 Å². The van der Waals surface area contributed by atoms with Crippen molar-refractivity contribution in [2.45, 2.75) is 51.1 Å². The summed E-state index contributed by atoms with van der Waals surface area (Å²) in [7, 11) is 1.53. The third kappa shape index (κ3) is 4.89. The quantitative estimate of drug-likeness (QED) is 0.605. The summed E-state index contributed by atoms with van der Waals surface area (Å²) in [6.07, 6.45) is 4.73. The van der Waals surface area contributed by atoms with Crippen molar-refractivity contribution in [3.8, 4) is 0 Å². The third-order valence-corrected chi connectivity index (χ3v) is 4.88. The molecule has 4 nitrogen and oxygen atoms in total. The van der Waals surface area contributed by atoms with Crippen LogP contribution < -0.4 is 5.73 Å². The fraction of sp³-hybridized carbons (Fsp3) is 0.500. The summed E-state index contributed by atoms with van der Waals surface area (Å²) in [6.45, 7) is 0.187. The first kappa shape index (κ1) is 19.4. The Morgan fingerprint density at radius 2 is 2.00 bits per heavy atom. The third-order valence-electron chi connectivity index (χ3n) is 4.88. The Hall–Kier alpha value is -2.33. The SMILES string of the molecule is COCc1nc(C2=C=C=C(F)C=C2)c(CC2CCCC(F)(F)CC2)nc1N. The largest absolute Gasteiger partial charge is 0.382 e. The van der Waals surface area contributed by atoms with Crippen LogP contribution >= 0.6 is 0 Å². The van der Waals surface area contributed by atoms with E-state index in [0.29, 0.717) is 48.3 Å². The predicted octanol–water partition coefficient (Wildman–Crippen LogP) is 4.52. The molecule has 0 radical (unpaired) electrons. The van der Waals surface area contributed by atoms with Crippen molar-refractivity contribution >= 4 is 11.4 Å². The van der Waals surface area contributed by atoms with Gasteiger partial charge in [-0.15, -0.1) is 0 Å². The minimum atomic E-state index is -2.59. The lowest BCUT2D eigenvalue weighted by molar-refractivity contribution is -0.0148. The highest BCUT2D eigenvalue weighted by Gasteiger charge is 2.33. The number of methoxy groups -OCH3 is 1. The van der Waals surface area contributed by atoms with Crippen LogP contribution in [0.5, 0.6) is 0 Å². The second-order valence-electron chi connectivity index (χ2n) is 6.99. The molecule has 2 aliphatic rings. The fourth-order valence-corrected chi connectivity index (χ4v) is 3.44. The minimum absolute atomic E-state index is 0.0718. The molecule has 1 heterocycles. The molecule has 3 rings (SSSR count). The van der Waals surface area contributed by atoms with Crippen LogP contribution in [0.15, 0.2) is 29.4 Å². The van der Waals surface area contributed by atoms with E-state index in [1.807, 2.05) is 0 Å². The van der Waals surface area contributed by atoms with Gasteiger partial charge in [0.1, 0.15) is 17.2 Å². The molecule has 7 heteroatoms. The van der Waals surface area contributed by atoms with Gasteiger partial charge in [-0.2, -0.15) is 4.39 Å². The first-order chi connectivity index (χ1) is 12.9. The van der Waals surface area contributed by atoms with E-state index in [0.717, 1.165) is 0 Å². The number of anilines is 1. The van der Waals surface area contributed by atoms with E-state index < -0.39 is 11.7 Å². The maximum absolute atomic E-state index is 13.7. The Labute approximate surface area is 156 Å². The molecule has 144 valence electrons. The van der Waals surface area contributed by atoms with Crippen LogP contribution in [-0.4, -0.2) is 23.0 Å². The summed E-state index contributed by atoms with van der Waals surface area (Å²) in [5.74, 6) is -2.79. The molecule has 0 amide bonds. The van der Waals surface area contributed by atoms with E-state index >= 15 is 0 Å². The molecule has 2 N–H and O–H groups in total. The normalized spacial score (nSPS) is 21.6. The maximum Gasteiger partial charge on any atom is 0.248 e. The van der Waals surface area contributed by atoms with Gasteiger partial charge in [-0.05, 0) is 49.5 Å². The van der Waals surface area contributed by atoms with E-state index in [-0.39, 0.29) is 31.2 Å². The number of ether oxygens (including phenoxy) is 1. The highest BCUT2D eigenvalue weighted by atomic mass is 19.3. The highest BCUT2D eigenvalue weighted by molar-refractivity contribution is 5.74. The smallest absolute Gasteiger partial charge is 0.248 e. The second kappa shape index (κ2) is 8.13. The number of nitrogens with two attached hydrogens (primary N) is 1. The molecular weight excluding hydrogens is 355 g/mol. The van der Waals surface area contributed by atoms with Crippen molar-refractivity contribution in [2.75, 3.05) is 12.8 Å². The molecule has 0 aliphatic heterocycles. The van der Waals surface area contributed by atoms with Crippen molar-refractivity contribution in [1.82, 2.24) is 9.97 Å². The van der Waals surface area contributed by atoms with E-state index in [1.165, 1.54) is 13.2 Å². The molecule has 1 saturated carbocycles. The van der Waals surface area contributed by atoms with Crippen LogP contribution in [0, 0.1) is 5.92 Å². The van der Waals surface area contributed by atoms with Gasteiger partial charge in [0, 0.05) is 20.0 Å². The number of halogens is 3. The van der Waals surface area contributed by atoms with Crippen molar-refractivity contribution in [3.05, 3.63) is 46.5 Å². The summed E-state index contributed by atoms with van der Waals surface area (Å²) >= 11 is 0. The van der Waals surface area contributed by atoms with Gasteiger partial charge in [0.2, 0.25) is 5.92 Å². The number of aromatic nitrogens is 2. The van der Waals surface area contributed by atoms with Gasteiger partial charge >= 0.3 is 0 Å². The van der Waals surface area contributed by atoms with Gasteiger partial charge in [-0.1, -0.05) is 5.73 Å². The number of rotatable bonds is 5. The Morgan fingerprint density at radius 1 is 1.19 bits per heavy atom. The molecule has 2 aliphatic carbocycles. The highest BCUT2D eigenvalue weighted by Crippen LogP contribution is 2.36. The number of nitrogens with zero attached hydrogens (tertiary/aromatic N) is 2.